The Labute approximate surface area is 176 Å². The van der Waals surface area contributed by atoms with E-state index in [1.165, 1.54) is 11.3 Å². The first kappa shape index (κ1) is 19.7. The fourth-order valence-corrected chi connectivity index (χ4v) is 4.03. The lowest BCUT2D eigenvalue weighted by Gasteiger charge is -2.14. The molecule has 0 spiro atoms. The standard InChI is InChI=1S/C22H20N4O3S/c27-21(28)19(10-15-11-23-18-9-5-4-8-17(15)18)26-22(29)24-12-16-13-30-20(25-16)14-6-2-1-3-7-14/h1-9,11,13,19,23H,10,12H2,(H,27,28)(H2,24,26,29). The van der Waals surface area contributed by atoms with Gasteiger partial charge in [0.1, 0.15) is 11.0 Å². The molecule has 2 aromatic heterocycles. The number of benzene rings is 2. The van der Waals surface area contributed by atoms with Crippen LogP contribution in [-0.4, -0.2) is 33.1 Å². The highest BCUT2D eigenvalue weighted by molar-refractivity contribution is 7.13. The Morgan fingerprint density at radius 3 is 2.67 bits per heavy atom. The van der Waals surface area contributed by atoms with Crippen molar-refractivity contribution in [3.05, 3.63) is 77.4 Å². The lowest BCUT2D eigenvalue weighted by molar-refractivity contribution is -0.139. The highest BCUT2D eigenvalue weighted by atomic mass is 32.1. The molecule has 1 atom stereocenters. The molecular weight excluding hydrogens is 400 g/mol. The second-order valence-electron chi connectivity index (χ2n) is 6.79. The summed E-state index contributed by atoms with van der Waals surface area (Å²) in [6.07, 6.45) is 1.96. The minimum atomic E-state index is -1.09. The maximum absolute atomic E-state index is 12.3. The number of H-pyrrole nitrogens is 1. The number of aromatic amines is 1. The monoisotopic (exact) mass is 420 g/mol. The summed E-state index contributed by atoms with van der Waals surface area (Å²) >= 11 is 1.50. The SMILES string of the molecule is O=C(NCc1csc(-c2ccccc2)n1)NC(Cc1c[nH]c2ccccc12)C(=O)O. The number of carbonyl (C=O) groups excluding carboxylic acids is 1. The molecule has 152 valence electrons. The number of hydrogen-bond acceptors (Lipinski definition) is 4. The van der Waals surface area contributed by atoms with Crippen molar-refractivity contribution in [1.29, 1.82) is 0 Å². The number of nitrogens with one attached hydrogen (secondary N) is 3. The lowest BCUT2D eigenvalue weighted by atomic mass is 10.1. The van der Waals surface area contributed by atoms with Gasteiger partial charge in [0.15, 0.2) is 0 Å². The van der Waals surface area contributed by atoms with E-state index in [1.807, 2.05) is 60.0 Å². The predicted octanol–water partition coefficient (Wildman–Crippen LogP) is 3.79. The molecule has 0 aliphatic carbocycles. The molecule has 1 unspecified atom stereocenters. The number of aliphatic carboxylic acids is 1. The number of carbonyl (C=O) groups is 2. The number of para-hydroxylation sites is 1. The summed E-state index contributed by atoms with van der Waals surface area (Å²) in [6, 6.07) is 15.9. The molecule has 2 amide bonds. The van der Waals surface area contributed by atoms with Gasteiger partial charge in [0.2, 0.25) is 0 Å². The minimum Gasteiger partial charge on any atom is -0.480 e. The third-order valence-corrected chi connectivity index (χ3v) is 5.65. The summed E-state index contributed by atoms with van der Waals surface area (Å²) in [6.45, 7) is 0.217. The van der Waals surface area contributed by atoms with Gasteiger partial charge >= 0.3 is 12.0 Å². The van der Waals surface area contributed by atoms with E-state index >= 15 is 0 Å². The molecule has 0 saturated heterocycles. The first-order chi connectivity index (χ1) is 14.6. The zero-order valence-corrected chi connectivity index (χ0v) is 16.8. The topological polar surface area (TPSA) is 107 Å². The maximum Gasteiger partial charge on any atom is 0.326 e. The molecule has 0 aliphatic rings. The maximum atomic E-state index is 12.3. The van der Waals surface area contributed by atoms with Gasteiger partial charge in [-0.15, -0.1) is 11.3 Å². The van der Waals surface area contributed by atoms with Crippen LogP contribution in [0.2, 0.25) is 0 Å². The van der Waals surface area contributed by atoms with Crippen LogP contribution in [0.1, 0.15) is 11.3 Å². The van der Waals surface area contributed by atoms with E-state index in [0.29, 0.717) is 0 Å². The van der Waals surface area contributed by atoms with Crippen molar-refractivity contribution in [3.8, 4) is 10.6 Å². The fourth-order valence-electron chi connectivity index (χ4n) is 3.20. The van der Waals surface area contributed by atoms with Gasteiger partial charge in [0.05, 0.1) is 12.2 Å². The van der Waals surface area contributed by atoms with Gasteiger partial charge in [0.25, 0.3) is 0 Å². The smallest absolute Gasteiger partial charge is 0.326 e. The van der Waals surface area contributed by atoms with E-state index in [2.05, 4.69) is 20.6 Å². The Morgan fingerprint density at radius 2 is 1.87 bits per heavy atom. The van der Waals surface area contributed by atoms with Crippen LogP contribution in [0.5, 0.6) is 0 Å². The summed E-state index contributed by atoms with van der Waals surface area (Å²) in [5.74, 6) is -1.09. The van der Waals surface area contributed by atoms with Gasteiger partial charge in [-0.05, 0) is 11.6 Å². The Bertz CT molecular complexity index is 1170. The van der Waals surface area contributed by atoms with Crippen molar-refractivity contribution >= 4 is 34.2 Å². The molecule has 8 heteroatoms. The van der Waals surface area contributed by atoms with Gasteiger partial charge in [-0.2, -0.15) is 0 Å². The van der Waals surface area contributed by atoms with Crippen LogP contribution in [-0.2, 0) is 17.8 Å². The van der Waals surface area contributed by atoms with E-state index in [4.69, 9.17) is 0 Å². The normalized spacial score (nSPS) is 11.9. The van der Waals surface area contributed by atoms with Crippen LogP contribution in [0.4, 0.5) is 4.79 Å². The van der Waals surface area contributed by atoms with Crippen molar-refractivity contribution in [3.63, 3.8) is 0 Å². The highest BCUT2D eigenvalue weighted by Crippen LogP contribution is 2.23. The molecule has 4 N–H and O–H groups in total. The quantitative estimate of drug-likeness (QED) is 0.365. The Hall–Kier alpha value is -3.65. The molecule has 30 heavy (non-hydrogen) atoms. The summed E-state index contributed by atoms with van der Waals surface area (Å²) in [7, 11) is 0. The van der Waals surface area contributed by atoms with Crippen LogP contribution >= 0.6 is 11.3 Å². The molecule has 4 rings (SSSR count). The molecule has 0 radical (unpaired) electrons. The van der Waals surface area contributed by atoms with E-state index in [9.17, 15) is 14.7 Å². The first-order valence-corrected chi connectivity index (χ1v) is 10.3. The molecule has 0 aliphatic heterocycles. The van der Waals surface area contributed by atoms with Crippen LogP contribution in [0, 0.1) is 0 Å². The summed E-state index contributed by atoms with van der Waals surface area (Å²) in [5, 5.41) is 18.5. The van der Waals surface area contributed by atoms with E-state index in [0.717, 1.165) is 32.7 Å². The minimum absolute atomic E-state index is 0.182. The van der Waals surface area contributed by atoms with Gasteiger partial charge in [-0.25, -0.2) is 14.6 Å². The second kappa shape index (κ2) is 8.79. The number of fused-ring (bicyclic) bond motifs is 1. The number of thiazole rings is 1. The Balaban J connectivity index is 1.36. The third kappa shape index (κ3) is 4.49. The van der Waals surface area contributed by atoms with Crippen molar-refractivity contribution in [2.45, 2.75) is 19.0 Å². The Kier molecular flexibility index (Phi) is 5.76. The summed E-state index contributed by atoms with van der Waals surface area (Å²) in [5.41, 5.74) is 3.50. The summed E-state index contributed by atoms with van der Waals surface area (Å²) in [4.78, 5) is 31.6. The average Bonchev–Trinajstić information content (AvgIpc) is 3.40. The van der Waals surface area contributed by atoms with E-state index in [1.54, 1.807) is 6.20 Å². The van der Waals surface area contributed by atoms with Gasteiger partial charge in [-0.1, -0.05) is 48.5 Å². The van der Waals surface area contributed by atoms with Crippen molar-refractivity contribution in [2.24, 2.45) is 0 Å². The molecule has 4 aromatic rings. The number of rotatable bonds is 7. The van der Waals surface area contributed by atoms with Gasteiger partial charge in [0, 0.05) is 34.5 Å². The number of carboxylic acids is 1. The zero-order valence-electron chi connectivity index (χ0n) is 16.0. The second-order valence-corrected chi connectivity index (χ2v) is 7.65. The van der Waals surface area contributed by atoms with E-state index < -0.39 is 18.0 Å². The lowest BCUT2D eigenvalue weighted by Crippen LogP contribution is -2.46. The first-order valence-electron chi connectivity index (χ1n) is 9.42. The number of carboxylic acid groups (broad SMARTS) is 1. The third-order valence-electron chi connectivity index (χ3n) is 4.70. The van der Waals surface area contributed by atoms with Crippen LogP contribution in [0.3, 0.4) is 0 Å². The van der Waals surface area contributed by atoms with Crippen molar-refractivity contribution in [1.82, 2.24) is 20.6 Å². The molecule has 0 bridgehead atoms. The van der Waals surface area contributed by atoms with Crippen molar-refractivity contribution in [2.75, 3.05) is 0 Å². The van der Waals surface area contributed by atoms with Gasteiger partial charge < -0.3 is 20.7 Å². The zero-order chi connectivity index (χ0) is 20.9. The molecule has 2 heterocycles. The number of nitrogens with zero attached hydrogens (tertiary/aromatic N) is 1. The largest absolute Gasteiger partial charge is 0.480 e. The number of urea groups is 1. The van der Waals surface area contributed by atoms with Crippen LogP contribution in [0.15, 0.2) is 66.2 Å². The number of aromatic nitrogens is 2. The molecule has 7 nitrogen and oxygen atoms in total. The molecule has 0 fully saturated rings. The number of amides is 2. The predicted molar refractivity (Wildman–Crippen MR) is 116 cm³/mol. The average molecular weight is 420 g/mol. The van der Waals surface area contributed by atoms with Gasteiger partial charge in [-0.3, -0.25) is 0 Å². The van der Waals surface area contributed by atoms with E-state index in [-0.39, 0.29) is 13.0 Å². The van der Waals surface area contributed by atoms with Crippen LogP contribution < -0.4 is 10.6 Å². The highest BCUT2D eigenvalue weighted by Gasteiger charge is 2.22. The van der Waals surface area contributed by atoms with Crippen LogP contribution in [0.25, 0.3) is 21.5 Å². The van der Waals surface area contributed by atoms with Crippen molar-refractivity contribution < 1.29 is 14.7 Å². The molecule has 2 aromatic carbocycles. The molecule has 0 saturated carbocycles. The Morgan fingerprint density at radius 1 is 1.10 bits per heavy atom. The fraction of sp³-hybridized carbons (Fsp3) is 0.136. The number of hydrogen-bond donors (Lipinski definition) is 4. The summed E-state index contributed by atoms with van der Waals surface area (Å²) < 4.78 is 0. The molecular formula is C22H20N4O3S.